The molecule has 0 aliphatic carbocycles. The van der Waals surface area contributed by atoms with E-state index in [4.69, 9.17) is 10.8 Å². The molecule has 0 aromatic carbocycles. The summed E-state index contributed by atoms with van der Waals surface area (Å²) in [5.74, 6) is 0. The Balaban J connectivity index is 3.05. The first-order valence-corrected chi connectivity index (χ1v) is 3.75. The lowest BCUT2D eigenvalue weighted by atomic mass is 10.1. The van der Waals surface area contributed by atoms with Crippen LogP contribution in [0.15, 0.2) is 12.3 Å². The molecule has 1 heterocycles. The molecule has 5 heteroatoms. The van der Waals surface area contributed by atoms with Gasteiger partial charge in [-0.15, -0.1) is 0 Å². The van der Waals surface area contributed by atoms with Crippen LogP contribution in [0.2, 0.25) is 0 Å². The molecule has 1 aromatic rings. The summed E-state index contributed by atoms with van der Waals surface area (Å²) >= 11 is 0. The summed E-state index contributed by atoms with van der Waals surface area (Å²) in [5, 5.41) is 8.83. The lowest BCUT2D eigenvalue weighted by Crippen LogP contribution is -2.04. The third-order valence-corrected chi connectivity index (χ3v) is 1.72. The molecule has 0 radical (unpaired) electrons. The van der Waals surface area contributed by atoms with Crippen LogP contribution in [0, 0.1) is 0 Å². The molecule has 0 bridgehead atoms. The van der Waals surface area contributed by atoms with Crippen LogP contribution in [-0.4, -0.2) is 10.1 Å². The molecular weight excluding hydrogens is 178 g/mol. The van der Waals surface area contributed by atoms with Crippen molar-refractivity contribution in [1.82, 2.24) is 4.98 Å². The molecule has 0 fully saturated rings. The number of halogens is 2. The normalized spacial score (nSPS) is 10.8. The molecule has 0 amide bonds. The molecule has 0 aliphatic rings. The van der Waals surface area contributed by atoms with Gasteiger partial charge >= 0.3 is 0 Å². The number of aliphatic hydroxyl groups excluding tert-OH is 1. The van der Waals surface area contributed by atoms with Gasteiger partial charge in [0.15, 0.2) is 0 Å². The van der Waals surface area contributed by atoms with E-state index in [-0.39, 0.29) is 18.8 Å². The van der Waals surface area contributed by atoms with Crippen molar-refractivity contribution in [2.24, 2.45) is 5.73 Å². The van der Waals surface area contributed by atoms with Crippen molar-refractivity contribution in [2.45, 2.75) is 19.6 Å². The number of rotatable bonds is 3. The van der Waals surface area contributed by atoms with Crippen molar-refractivity contribution in [3.63, 3.8) is 0 Å². The Hall–Kier alpha value is -1.07. The van der Waals surface area contributed by atoms with Gasteiger partial charge in [0.1, 0.15) is 5.69 Å². The van der Waals surface area contributed by atoms with Gasteiger partial charge in [0.05, 0.1) is 6.61 Å². The number of nitrogens with zero attached hydrogens (tertiary/aromatic N) is 1. The third kappa shape index (κ3) is 2.19. The van der Waals surface area contributed by atoms with Gasteiger partial charge in [-0.25, -0.2) is 8.78 Å². The Kier molecular flexibility index (Phi) is 3.27. The average Bonchev–Trinajstić information content (AvgIpc) is 2.16. The van der Waals surface area contributed by atoms with E-state index >= 15 is 0 Å². The molecular formula is C8H10F2N2O. The Morgan fingerprint density at radius 2 is 2.15 bits per heavy atom. The van der Waals surface area contributed by atoms with E-state index in [9.17, 15) is 8.78 Å². The Labute approximate surface area is 74.2 Å². The minimum absolute atomic E-state index is 0.187. The van der Waals surface area contributed by atoms with E-state index in [1.807, 2.05) is 0 Å². The van der Waals surface area contributed by atoms with Gasteiger partial charge in [0.25, 0.3) is 6.43 Å². The second-order valence-corrected chi connectivity index (χ2v) is 2.54. The zero-order chi connectivity index (χ0) is 9.84. The Bertz CT molecular complexity index is 291. The van der Waals surface area contributed by atoms with E-state index in [0.29, 0.717) is 11.1 Å². The zero-order valence-corrected chi connectivity index (χ0v) is 6.87. The van der Waals surface area contributed by atoms with Crippen molar-refractivity contribution in [2.75, 3.05) is 0 Å². The van der Waals surface area contributed by atoms with Crippen molar-refractivity contribution >= 4 is 0 Å². The fraction of sp³-hybridized carbons (Fsp3) is 0.375. The Morgan fingerprint density at radius 3 is 2.62 bits per heavy atom. The number of alkyl halides is 2. The largest absolute Gasteiger partial charge is 0.392 e. The summed E-state index contributed by atoms with van der Waals surface area (Å²) in [6, 6.07) is 1.17. The predicted octanol–water partition coefficient (Wildman–Crippen LogP) is 0.970. The van der Waals surface area contributed by atoms with Crippen LogP contribution in [0.3, 0.4) is 0 Å². The molecule has 13 heavy (non-hydrogen) atoms. The van der Waals surface area contributed by atoms with Crippen LogP contribution in [0.25, 0.3) is 0 Å². The fourth-order valence-electron chi connectivity index (χ4n) is 0.994. The van der Waals surface area contributed by atoms with Gasteiger partial charge in [-0.05, 0) is 17.2 Å². The topological polar surface area (TPSA) is 59.1 Å². The van der Waals surface area contributed by atoms with Crippen molar-refractivity contribution < 1.29 is 13.9 Å². The first-order chi connectivity index (χ1) is 6.19. The number of pyridine rings is 1. The minimum atomic E-state index is -2.61. The smallest absolute Gasteiger partial charge is 0.280 e. The van der Waals surface area contributed by atoms with Gasteiger partial charge in [-0.1, -0.05) is 0 Å². The number of hydrogen-bond acceptors (Lipinski definition) is 3. The molecule has 1 rings (SSSR count). The molecule has 0 aliphatic heterocycles. The van der Waals surface area contributed by atoms with Crippen molar-refractivity contribution in [3.05, 3.63) is 29.1 Å². The van der Waals surface area contributed by atoms with Gasteiger partial charge in [-0.3, -0.25) is 4.98 Å². The monoisotopic (exact) mass is 188 g/mol. The minimum Gasteiger partial charge on any atom is -0.392 e. The summed E-state index contributed by atoms with van der Waals surface area (Å²) in [4.78, 5) is 3.52. The van der Waals surface area contributed by atoms with E-state index < -0.39 is 6.43 Å². The Morgan fingerprint density at radius 1 is 1.46 bits per heavy atom. The molecule has 3 nitrogen and oxygen atoms in total. The van der Waals surface area contributed by atoms with Crippen LogP contribution in [0.1, 0.15) is 23.2 Å². The molecule has 0 unspecified atom stereocenters. The molecule has 72 valence electrons. The molecule has 1 aromatic heterocycles. The highest BCUT2D eigenvalue weighted by molar-refractivity contribution is 5.26. The molecule has 3 N–H and O–H groups in total. The number of nitrogens with two attached hydrogens (primary N) is 1. The lowest BCUT2D eigenvalue weighted by Gasteiger charge is -2.06. The first kappa shape index (κ1) is 10.0. The summed E-state index contributed by atoms with van der Waals surface area (Å²) in [5.41, 5.74) is 5.98. The van der Waals surface area contributed by atoms with Crippen LogP contribution in [-0.2, 0) is 13.2 Å². The van der Waals surface area contributed by atoms with Gasteiger partial charge in [0, 0.05) is 12.7 Å². The third-order valence-electron chi connectivity index (χ3n) is 1.72. The summed E-state index contributed by atoms with van der Waals surface area (Å²) in [6.45, 7) is -0.110. The summed E-state index contributed by atoms with van der Waals surface area (Å²) in [6.07, 6.45) is -1.34. The number of hydrogen-bond donors (Lipinski definition) is 2. The maximum absolute atomic E-state index is 12.1. The van der Waals surface area contributed by atoms with E-state index in [0.717, 1.165) is 0 Å². The van der Waals surface area contributed by atoms with Crippen LogP contribution in [0.4, 0.5) is 8.78 Å². The maximum Gasteiger partial charge on any atom is 0.280 e. The maximum atomic E-state index is 12.1. The number of aliphatic hydroxyl groups is 1. The van der Waals surface area contributed by atoms with Crippen LogP contribution >= 0.6 is 0 Å². The predicted molar refractivity (Wildman–Crippen MR) is 43.0 cm³/mol. The highest BCUT2D eigenvalue weighted by Crippen LogP contribution is 2.18. The van der Waals surface area contributed by atoms with Crippen molar-refractivity contribution in [1.29, 1.82) is 0 Å². The quantitative estimate of drug-likeness (QED) is 0.743. The highest BCUT2D eigenvalue weighted by atomic mass is 19.3. The standard InChI is InChI=1S/C8H10F2N2O/c9-8(10)7-1-5(4-13)6(2-11)3-12-7/h1,3,8,13H,2,4,11H2. The van der Waals surface area contributed by atoms with E-state index in [1.165, 1.54) is 12.3 Å². The lowest BCUT2D eigenvalue weighted by molar-refractivity contribution is 0.145. The van der Waals surface area contributed by atoms with Crippen LogP contribution < -0.4 is 5.73 Å². The van der Waals surface area contributed by atoms with Crippen LogP contribution in [0.5, 0.6) is 0 Å². The molecule has 0 saturated carbocycles. The second-order valence-electron chi connectivity index (χ2n) is 2.54. The van der Waals surface area contributed by atoms with Gasteiger partial charge in [-0.2, -0.15) is 0 Å². The summed E-state index contributed by atoms with van der Waals surface area (Å²) < 4.78 is 24.3. The number of aromatic nitrogens is 1. The van der Waals surface area contributed by atoms with E-state index in [1.54, 1.807) is 0 Å². The second kappa shape index (κ2) is 4.25. The fourth-order valence-corrected chi connectivity index (χ4v) is 0.994. The molecule has 0 spiro atoms. The van der Waals surface area contributed by atoms with Crippen molar-refractivity contribution in [3.8, 4) is 0 Å². The summed E-state index contributed by atoms with van der Waals surface area (Å²) in [7, 11) is 0. The highest BCUT2D eigenvalue weighted by Gasteiger charge is 2.10. The molecule has 0 saturated heterocycles. The van der Waals surface area contributed by atoms with Gasteiger partial charge < -0.3 is 10.8 Å². The zero-order valence-electron chi connectivity index (χ0n) is 6.87. The average molecular weight is 188 g/mol. The van der Waals surface area contributed by atoms with Gasteiger partial charge in [0.2, 0.25) is 0 Å². The first-order valence-electron chi connectivity index (χ1n) is 3.75. The van der Waals surface area contributed by atoms with E-state index in [2.05, 4.69) is 4.98 Å². The SMILES string of the molecule is NCc1cnc(C(F)F)cc1CO. The molecule has 0 atom stereocenters.